The number of ether oxygens (including phenoxy) is 1. The lowest BCUT2D eigenvalue weighted by Gasteiger charge is -2.14. The molecule has 3 aromatic heterocycles. The maximum absolute atomic E-state index is 12.4. The van der Waals surface area contributed by atoms with Crippen LogP contribution in [0.25, 0.3) is 11.2 Å². The maximum atomic E-state index is 12.4. The van der Waals surface area contributed by atoms with E-state index in [2.05, 4.69) is 21.5 Å². The van der Waals surface area contributed by atoms with Crippen molar-refractivity contribution in [1.29, 1.82) is 0 Å². The summed E-state index contributed by atoms with van der Waals surface area (Å²) in [6.45, 7) is 1.76. The van der Waals surface area contributed by atoms with Crippen LogP contribution in [0.5, 0.6) is 0 Å². The van der Waals surface area contributed by atoms with Crippen molar-refractivity contribution in [3.8, 4) is 11.8 Å². The minimum Gasteiger partial charge on any atom is -0.549 e. The van der Waals surface area contributed by atoms with Gasteiger partial charge >= 0.3 is 6.09 Å². The minimum absolute atomic E-state index is 0.182. The third kappa shape index (κ3) is 3.97. The Morgan fingerprint density at radius 3 is 2.68 bits per heavy atom. The first kappa shape index (κ1) is 21.6. The average molecular weight is 476 g/mol. The van der Waals surface area contributed by atoms with Crippen molar-refractivity contribution in [3.05, 3.63) is 65.2 Å². The molecule has 4 aromatic rings. The summed E-state index contributed by atoms with van der Waals surface area (Å²) in [6.07, 6.45) is -0.188. The smallest absolute Gasteiger partial charge is 0.412 e. The van der Waals surface area contributed by atoms with E-state index in [0.717, 1.165) is 17.1 Å². The van der Waals surface area contributed by atoms with E-state index < -0.39 is 23.6 Å². The molecule has 1 unspecified atom stereocenters. The van der Waals surface area contributed by atoms with E-state index in [0.29, 0.717) is 24.0 Å². The van der Waals surface area contributed by atoms with Gasteiger partial charge in [-0.15, -0.1) is 0 Å². The third-order valence-corrected chi connectivity index (χ3v) is 6.30. The van der Waals surface area contributed by atoms with Crippen LogP contribution in [0.4, 0.5) is 15.5 Å². The number of rotatable bonds is 5. The molecule has 0 radical (unpaired) electrons. The summed E-state index contributed by atoms with van der Waals surface area (Å²) in [5.74, 6) is 5.29. The lowest BCUT2D eigenvalue weighted by molar-refractivity contribution is -0.310. The quantitative estimate of drug-likeness (QED) is 0.416. The Morgan fingerprint density at radius 1 is 1.24 bits per heavy atom. The number of carboxylic acid groups (broad SMARTS) is 1. The Kier molecular flexibility index (Phi) is 5.26. The highest BCUT2D eigenvalue weighted by Crippen LogP contribution is 2.49. The van der Waals surface area contributed by atoms with E-state index in [4.69, 9.17) is 19.3 Å². The predicted molar refractivity (Wildman–Crippen MR) is 122 cm³/mol. The summed E-state index contributed by atoms with van der Waals surface area (Å²) >= 11 is 0.989. The number of carboxylic acids is 1. The predicted octanol–water partition coefficient (Wildman–Crippen LogP) is 3.56. The highest BCUT2D eigenvalue weighted by atomic mass is 32.1. The van der Waals surface area contributed by atoms with Gasteiger partial charge in [0.25, 0.3) is 5.78 Å². The maximum Gasteiger partial charge on any atom is 0.412 e. The molecule has 0 spiro atoms. The van der Waals surface area contributed by atoms with Crippen LogP contribution in [0.3, 0.4) is 0 Å². The topological polar surface area (TPSA) is 144 Å². The minimum atomic E-state index is -1.15. The molecule has 1 saturated carbocycles. The number of carbonyl (C=O) groups is 2. The molecule has 3 heterocycles. The molecule has 0 bridgehead atoms. The van der Waals surface area contributed by atoms with E-state index in [-0.39, 0.29) is 27.9 Å². The molecular weight excluding hydrogens is 458 g/mol. The van der Waals surface area contributed by atoms with E-state index in [9.17, 15) is 14.7 Å². The van der Waals surface area contributed by atoms with Gasteiger partial charge in [0.1, 0.15) is 22.6 Å². The number of benzene rings is 1. The molecule has 9 nitrogen and oxygen atoms in total. The van der Waals surface area contributed by atoms with Crippen LogP contribution in [-0.4, -0.2) is 16.4 Å². The second kappa shape index (κ2) is 8.28. The summed E-state index contributed by atoms with van der Waals surface area (Å²) in [4.78, 5) is 23.8. The zero-order valence-electron chi connectivity index (χ0n) is 17.9. The first-order chi connectivity index (χ1) is 16.4. The molecule has 0 saturated heterocycles. The zero-order chi connectivity index (χ0) is 23.9. The normalized spacial score (nSPS) is 14.7. The number of anilines is 2. The van der Waals surface area contributed by atoms with E-state index in [1.165, 1.54) is 0 Å². The number of aromatic nitrogens is 1. The standard InChI is InChI=1S/C24H19N3O6S/c1-13(14-5-3-2-4-6-14)31-23(30)26-19-17(27-34-20(19)25)8-7-16-11-15-12-18(33-21(15)32-16)24(9-10-24)22(28)29/h2-6,11-13H,9-10,25H2,1H3,(H,26,30)(H,28,29)/p-1. The van der Waals surface area contributed by atoms with Crippen LogP contribution < -0.4 is 16.2 Å². The van der Waals surface area contributed by atoms with Gasteiger partial charge in [0.15, 0.2) is 11.5 Å². The van der Waals surface area contributed by atoms with Crippen molar-refractivity contribution >= 4 is 45.4 Å². The Morgan fingerprint density at radius 2 is 2.00 bits per heavy atom. The van der Waals surface area contributed by atoms with Crippen molar-refractivity contribution in [2.24, 2.45) is 0 Å². The molecule has 10 heteroatoms. The van der Waals surface area contributed by atoms with Gasteiger partial charge in [-0.25, -0.2) is 4.79 Å². The van der Waals surface area contributed by atoms with Crippen molar-refractivity contribution in [2.45, 2.75) is 31.3 Å². The molecule has 1 amide bonds. The summed E-state index contributed by atoms with van der Waals surface area (Å²) in [6, 6.07) is 12.6. The van der Waals surface area contributed by atoms with Crippen molar-refractivity contribution in [1.82, 2.24) is 4.37 Å². The number of carbonyl (C=O) groups excluding carboxylic acids is 2. The molecule has 1 aliphatic rings. The molecule has 34 heavy (non-hydrogen) atoms. The van der Waals surface area contributed by atoms with Gasteiger partial charge in [-0.2, -0.15) is 4.37 Å². The molecular formula is C24H18N3O6S-. The highest BCUT2D eigenvalue weighted by molar-refractivity contribution is 7.10. The van der Waals surface area contributed by atoms with E-state index >= 15 is 0 Å². The number of aliphatic carboxylic acids is 1. The monoisotopic (exact) mass is 476 g/mol. The fraction of sp³-hybridized carbons (Fsp3) is 0.208. The Bertz CT molecular complexity index is 1420. The number of amides is 1. The Labute approximate surface area is 197 Å². The first-order valence-corrected chi connectivity index (χ1v) is 11.2. The van der Waals surface area contributed by atoms with Crippen LogP contribution in [-0.2, 0) is 14.9 Å². The average Bonchev–Trinajstić information content (AvgIpc) is 3.26. The van der Waals surface area contributed by atoms with Gasteiger partial charge in [-0.1, -0.05) is 30.3 Å². The zero-order valence-corrected chi connectivity index (χ0v) is 18.7. The van der Waals surface area contributed by atoms with Crippen LogP contribution >= 0.6 is 11.5 Å². The number of furan rings is 2. The van der Waals surface area contributed by atoms with E-state index in [1.807, 2.05) is 30.3 Å². The van der Waals surface area contributed by atoms with Crippen LogP contribution in [0, 0.1) is 11.8 Å². The first-order valence-electron chi connectivity index (χ1n) is 10.4. The highest BCUT2D eigenvalue weighted by Gasteiger charge is 2.49. The Hall–Kier alpha value is -4.23. The number of hydrogen-bond acceptors (Lipinski definition) is 9. The summed E-state index contributed by atoms with van der Waals surface area (Å²) in [7, 11) is 0. The lowest BCUT2D eigenvalue weighted by Crippen LogP contribution is -2.35. The van der Waals surface area contributed by atoms with Crippen LogP contribution in [0.2, 0.25) is 0 Å². The SMILES string of the molecule is CC(OC(=O)Nc1c(C#Cc2cc3cc(C4(C(=O)[O-])CC4)oc3o2)nsc1N)c1ccccc1. The van der Waals surface area contributed by atoms with Gasteiger partial charge in [-0.05, 0) is 54.8 Å². The van der Waals surface area contributed by atoms with Crippen molar-refractivity contribution in [3.63, 3.8) is 0 Å². The van der Waals surface area contributed by atoms with Gasteiger partial charge in [0.05, 0.1) is 16.8 Å². The number of hydrogen-bond donors (Lipinski definition) is 2. The lowest BCUT2D eigenvalue weighted by atomic mass is 10.0. The van der Waals surface area contributed by atoms with Gasteiger partial charge < -0.3 is 29.2 Å². The molecule has 1 atom stereocenters. The molecule has 0 aliphatic heterocycles. The molecule has 172 valence electrons. The molecule has 1 aliphatic carbocycles. The number of nitrogens with zero attached hydrogens (tertiary/aromatic N) is 1. The fourth-order valence-corrected chi connectivity index (χ4v) is 4.09. The second-order valence-corrected chi connectivity index (χ2v) is 8.74. The van der Waals surface area contributed by atoms with Crippen molar-refractivity contribution in [2.75, 3.05) is 11.1 Å². The largest absolute Gasteiger partial charge is 0.549 e. The van der Waals surface area contributed by atoms with Crippen LogP contribution in [0.1, 0.15) is 48.6 Å². The van der Waals surface area contributed by atoms with Gasteiger partial charge in [0.2, 0.25) is 0 Å². The third-order valence-electron chi connectivity index (χ3n) is 5.63. The second-order valence-electron chi connectivity index (χ2n) is 7.94. The number of nitrogen functional groups attached to an aromatic ring is 1. The van der Waals surface area contributed by atoms with Gasteiger partial charge in [-0.3, -0.25) is 5.32 Å². The number of fused-ring (bicyclic) bond motifs is 1. The summed E-state index contributed by atoms with van der Waals surface area (Å²) in [5, 5.41) is 14.9. The molecule has 1 aromatic carbocycles. The molecule has 3 N–H and O–H groups in total. The summed E-state index contributed by atoms with van der Waals surface area (Å²) < 4.78 is 20.8. The number of nitrogens with one attached hydrogen (secondary N) is 1. The fourth-order valence-electron chi connectivity index (χ4n) is 3.53. The van der Waals surface area contributed by atoms with E-state index in [1.54, 1.807) is 19.1 Å². The van der Waals surface area contributed by atoms with Gasteiger partial charge in [0, 0.05) is 6.07 Å². The van der Waals surface area contributed by atoms with Crippen LogP contribution in [0.15, 0.2) is 51.3 Å². The molecule has 1 fully saturated rings. The Balaban J connectivity index is 1.30. The molecule has 5 rings (SSSR count). The van der Waals surface area contributed by atoms with Crippen molar-refractivity contribution < 1.29 is 28.3 Å². The summed E-state index contributed by atoms with van der Waals surface area (Å²) in [5.41, 5.74) is 6.27. The number of nitrogens with two attached hydrogens (primary N) is 1.